The minimum Gasteiger partial charge on any atom is -0.507 e. The van der Waals surface area contributed by atoms with Gasteiger partial charge in [0.25, 0.3) is 0 Å². The van der Waals surface area contributed by atoms with E-state index in [4.69, 9.17) is 23.2 Å². The Bertz CT molecular complexity index is 457. The molecule has 0 saturated heterocycles. The van der Waals surface area contributed by atoms with Gasteiger partial charge in [0, 0.05) is 10.6 Å². The molecule has 0 fully saturated rings. The van der Waals surface area contributed by atoms with Crippen molar-refractivity contribution in [3.8, 4) is 16.9 Å². The lowest BCUT2D eigenvalue weighted by atomic mass is 10.0. The third kappa shape index (κ3) is 2.09. The molecule has 0 unspecified atom stereocenters. The Hall–Kier alpha value is -1.18. The van der Waals surface area contributed by atoms with Gasteiger partial charge in [-0.2, -0.15) is 0 Å². The van der Waals surface area contributed by atoms with E-state index in [0.717, 1.165) is 5.56 Å². The normalized spacial score (nSPS) is 10.3. The Morgan fingerprint density at radius 2 is 1.53 bits per heavy atom. The summed E-state index contributed by atoms with van der Waals surface area (Å²) in [6.07, 6.45) is 0. The van der Waals surface area contributed by atoms with Crippen molar-refractivity contribution in [2.75, 3.05) is 0 Å². The average molecular weight is 239 g/mol. The monoisotopic (exact) mass is 238 g/mol. The maximum atomic E-state index is 9.70. The molecular weight excluding hydrogens is 231 g/mol. The van der Waals surface area contributed by atoms with E-state index in [1.165, 1.54) is 0 Å². The molecule has 0 aromatic heterocycles. The second kappa shape index (κ2) is 4.13. The van der Waals surface area contributed by atoms with Crippen LogP contribution in [0.2, 0.25) is 10.0 Å². The van der Waals surface area contributed by atoms with E-state index in [-0.39, 0.29) is 5.75 Å². The van der Waals surface area contributed by atoms with Gasteiger partial charge < -0.3 is 5.11 Å². The number of phenols is 1. The fourth-order valence-electron chi connectivity index (χ4n) is 1.42. The molecule has 0 bridgehead atoms. The predicted molar refractivity (Wildman–Crippen MR) is 63.6 cm³/mol. The van der Waals surface area contributed by atoms with Crippen LogP contribution in [0.5, 0.6) is 5.75 Å². The summed E-state index contributed by atoms with van der Waals surface area (Å²) in [6.45, 7) is 0. The van der Waals surface area contributed by atoms with Gasteiger partial charge >= 0.3 is 0 Å². The standard InChI is InChI=1S/C12H8Cl2O/c13-9-6-4-8(5-7-9)12-10(14)2-1-3-11(12)15/h1-7,15H. The van der Waals surface area contributed by atoms with Crippen molar-refractivity contribution >= 4 is 23.2 Å². The third-order valence-corrected chi connectivity index (χ3v) is 2.69. The average Bonchev–Trinajstić information content (AvgIpc) is 2.20. The lowest BCUT2D eigenvalue weighted by Crippen LogP contribution is -1.80. The molecule has 0 heterocycles. The molecule has 0 aliphatic carbocycles. The van der Waals surface area contributed by atoms with Crippen molar-refractivity contribution in [3.05, 3.63) is 52.5 Å². The van der Waals surface area contributed by atoms with Crippen molar-refractivity contribution in [2.45, 2.75) is 0 Å². The second-order valence-corrected chi connectivity index (χ2v) is 3.98. The third-order valence-electron chi connectivity index (χ3n) is 2.12. The predicted octanol–water partition coefficient (Wildman–Crippen LogP) is 4.37. The zero-order valence-corrected chi connectivity index (χ0v) is 9.26. The summed E-state index contributed by atoms with van der Waals surface area (Å²) in [5, 5.41) is 10.9. The second-order valence-electron chi connectivity index (χ2n) is 3.14. The zero-order chi connectivity index (χ0) is 10.8. The molecule has 2 aromatic rings. The highest BCUT2D eigenvalue weighted by atomic mass is 35.5. The smallest absolute Gasteiger partial charge is 0.124 e. The summed E-state index contributed by atoms with van der Waals surface area (Å²) in [5.74, 6) is 0.171. The van der Waals surface area contributed by atoms with E-state index in [1.807, 2.05) is 12.1 Å². The van der Waals surface area contributed by atoms with Gasteiger partial charge in [-0.25, -0.2) is 0 Å². The van der Waals surface area contributed by atoms with Crippen molar-refractivity contribution in [2.24, 2.45) is 0 Å². The van der Waals surface area contributed by atoms with Crippen LogP contribution in [-0.2, 0) is 0 Å². The number of benzene rings is 2. The van der Waals surface area contributed by atoms with Gasteiger partial charge in [0.15, 0.2) is 0 Å². The Labute approximate surface area is 97.9 Å². The molecule has 0 saturated carbocycles. The topological polar surface area (TPSA) is 20.2 Å². The molecule has 76 valence electrons. The van der Waals surface area contributed by atoms with Crippen LogP contribution in [0.15, 0.2) is 42.5 Å². The molecule has 0 spiro atoms. The number of rotatable bonds is 1. The Balaban J connectivity index is 2.58. The highest BCUT2D eigenvalue weighted by Crippen LogP contribution is 2.35. The number of phenolic OH excluding ortho intramolecular Hbond substituents is 1. The number of halogens is 2. The van der Waals surface area contributed by atoms with Crippen LogP contribution in [-0.4, -0.2) is 5.11 Å². The zero-order valence-electron chi connectivity index (χ0n) is 7.74. The highest BCUT2D eigenvalue weighted by Gasteiger charge is 2.07. The molecule has 0 atom stereocenters. The Morgan fingerprint density at radius 3 is 2.13 bits per heavy atom. The minimum atomic E-state index is 0.171. The molecule has 1 nitrogen and oxygen atoms in total. The van der Waals surface area contributed by atoms with Crippen molar-refractivity contribution in [1.82, 2.24) is 0 Å². The fraction of sp³-hybridized carbons (Fsp3) is 0. The van der Waals surface area contributed by atoms with Gasteiger partial charge in [-0.15, -0.1) is 0 Å². The van der Waals surface area contributed by atoms with E-state index in [1.54, 1.807) is 30.3 Å². The first-order chi connectivity index (χ1) is 7.18. The molecule has 0 aliphatic heterocycles. The van der Waals surface area contributed by atoms with Crippen molar-refractivity contribution in [1.29, 1.82) is 0 Å². The van der Waals surface area contributed by atoms with Gasteiger partial charge in [-0.05, 0) is 29.8 Å². The van der Waals surface area contributed by atoms with Crippen LogP contribution in [0.25, 0.3) is 11.1 Å². The summed E-state index contributed by atoms with van der Waals surface area (Å²) in [6, 6.07) is 12.2. The van der Waals surface area contributed by atoms with Crippen LogP contribution < -0.4 is 0 Å². The summed E-state index contributed by atoms with van der Waals surface area (Å²) in [7, 11) is 0. The summed E-state index contributed by atoms with van der Waals surface area (Å²) < 4.78 is 0. The first kappa shape index (κ1) is 10.3. The van der Waals surface area contributed by atoms with E-state index in [9.17, 15) is 5.11 Å². The number of hydrogen-bond acceptors (Lipinski definition) is 1. The molecule has 0 amide bonds. The molecule has 0 radical (unpaired) electrons. The summed E-state index contributed by atoms with van der Waals surface area (Å²) in [5.41, 5.74) is 1.48. The largest absolute Gasteiger partial charge is 0.507 e. The molecule has 3 heteroatoms. The molecule has 2 rings (SSSR count). The summed E-state index contributed by atoms with van der Waals surface area (Å²) >= 11 is 11.8. The van der Waals surface area contributed by atoms with Gasteiger partial charge in [-0.1, -0.05) is 41.4 Å². The molecular formula is C12H8Cl2O. The van der Waals surface area contributed by atoms with Crippen LogP contribution in [0.4, 0.5) is 0 Å². The molecule has 1 N–H and O–H groups in total. The van der Waals surface area contributed by atoms with E-state index in [2.05, 4.69) is 0 Å². The molecule has 2 aromatic carbocycles. The van der Waals surface area contributed by atoms with Gasteiger partial charge in [0.2, 0.25) is 0 Å². The highest BCUT2D eigenvalue weighted by molar-refractivity contribution is 6.33. The fourth-order valence-corrected chi connectivity index (χ4v) is 1.82. The Kier molecular flexibility index (Phi) is 2.85. The van der Waals surface area contributed by atoms with Crippen molar-refractivity contribution < 1.29 is 5.11 Å². The van der Waals surface area contributed by atoms with Gasteiger partial charge in [0.05, 0.1) is 5.02 Å². The first-order valence-electron chi connectivity index (χ1n) is 4.42. The van der Waals surface area contributed by atoms with Crippen LogP contribution in [0.3, 0.4) is 0 Å². The Morgan fingerprint density at radius 1 is 0.867 bits per heavy atom. The minimum absolute atomic E-state index is 0.171. The maximum absolute atomic E-state index is 9.70. The summed E-state index contributed by atoms with van der Waals surface area (Å²) in [4.78, 5) is 0. The lowest BCUT2D eigenvalue weighted by Gasteiger charge is -2.06. The molecule has 0 aliphatic rings. The lowest BCUT2D eigenvalue weighted by molar-refractivity contribution is 0.477. The van der Waals surface area contributed by atoms with Crippen LogP contribution in [0, 0.1) is 0 Å². The first-order valence-corrected chi connectivity index (χ1v) is 5.17. The van der Waals surface area contributed by atoms with E-state index >= 15 is 0 Å². The SMILES string of the molecule is Oc1cccc(Cl)c1-c1ccc(Cl)cc1. The van der Waals surface area contributed by atoms with E-state index in [0.29, 0.717) is 15.6 Å². The number of aromatic hydroxyl groups is 1. The maximum Gasteiger partial charge on any atom is 0.124 e. The van der Waals surface area contributed by atoms with E-state index < -0.39 is 0 Å². The van der Waals surface area contributed by atoms with Crippen molar-refractivity contribution in [3.63, 3.8) is 0 Å². The number of hydrogen-bond donors (Lipinski definition) is 1. The quantitative estimate of drug-likeness (QED) is 0.783. The van der Waals surface area contributed by atoms with Gasteiger partial charge in [-0.3, -0.25) is 0 Å². The van der Waals surface area contributed by atoms with Crippen LogP contribution >= 0.6 is 23.2 Å². The molecule has 15 heavy (non-hydrogen) atoms. The van der Waals surface area contributed by atoms with Crippen LogP contribution in [0.1, 0.15) is 0 Å². The van der Waals surface area contributed by atoms with Gasteiger partial charge in [0.1, 0.15) is 5.75 Å².